The summed E-state index contributed by atoms with van der Waals surface area (Å²) < 4.78 is 40.7. The van der Waals surface area contributed by atoms with Crippen LogP contribution < -0.4 is 4.74 Å². The van der Waals surface area contributed by atoms with Crippen LogP contribution in [0.15, 0.2) is 49.1 Å². The molecule has 2 nitrogen and oxygen atoms in total. The minimum atomic E-state index is -0.920. The van der Waals surface area contributed by atoms with Crippen LogP contribution in [-0.4, -0.2) is 19.3 Å². The van der Waals surface area contributed by atoms with E-state index in [9.17, 15) is 8.78 Å². The molecule has 2 aliphatic rings. The maximum atomic E-state index is 14.7. The molecule has 0 N–H and O–H groups in total. The predicted octanol–water partition coefficient (Wildman–Crippen LogP) is 8.46. The molecular weight excluding hydrogens is 430 g/mol. The smallest absolute Gasteiger partial charge is 0.201 e. The first-order valence-electron chi connectivity index (χ1n) is 13.0. The van der Waals surface area contributed by atoms with Crippen LogP contribution >= 0.6 is 0 Å². The van der Waals surface area contributed by atoms with E-state index in [1.165, 1.54) is 43.7 Å². The molecule has 2 unspecified atom stereocenters. The first-order chi connectivity index (χ1) is 16.6. The first-order valence-corrected chi connectivity index (χ1v) is 13.0. The molecule has 0 spiro atoms. The van der Waals surface area contributed by atoms with E-state index in [-0.39, 0.29) is 11.3 Å². The van der Waals surface area contributed by atoms with Gasteiger partial charge in [-0.05, 0) is 80.0 Å². The lowest BCUT2D eigenvalue weighted by molar-refractivity contribution is -0.0435. The average Bonchev–Trinajstić information content (AvgIpc) is 2.89. The lowest BCUT2D eigenvalue weighted by Crippen LogP contribution is -2.33. The minimum Gasteiger partial charge on any atom is -0.490 e. The first kappa shape index (κ1) is 24.9. The molecule has 4 rings (SSSR count). The Hall–Kier alpha value is -2.20. The number of benzene rings is 2. The minimum absolute atomic E-state index is 0.0288. The molecule has 184 valence electrons. The maximum absolute atomic E-state index is 14.7. The van der Waals surface area contributed by atoms with Crippen molar-refractivity contribution in [2.75, 3.05) is 13.2 Å². The summed E-state index contributed by atoms with van der Waals surface area (Å²) in [4.78, 5) is 0. The lowest BCUT2D eigenvalue weighted by Gasteiger charge is -2.38. The number of halogens is 2. The van der Waals surface area contributed by atoms with Crippen molar-refractivity contribution in [1.82, 2.24) is 0 Å². The van der Waals surface area contributed by atoms with E-state index in [1.54, 1.807) is 6.07 Å². The van der Waals surface area contributed by atoms with Gasteiger partial charge in [-0.15, -0.1) is 6.58 Å². The monoisotopic (exact) mass is 468 g/mol. The molecule has 2 atom stereocenters. The van der Waals surface area contributed by atoms with E-state index in [4.69, 9.17) is 9.47 Å². The van der Waals surface area contributed by atoms with Crippen LogP contribution in [-0.2, 0) is 4.74 Å². The molecule has 0 amide bonds. The van der Waals surface area contributed by atoms with Gasteiger partial charge in [-0.25, -0.2) is 4.39 Å². The molecule has 1 aliphatic carbocycles. The summed E-state index contributed by atoms with van der Waals surface area (Å²) in [5, 5.41) is 0. The van der Waals surface area contributed by atoms with Crippen molar-refractivity contribution in [2.45, 2.75) is 76.7 Å². The quantitative estimate of drug-likeness (QED) is 0.344. The average molecular weight is 469 g/mol. The highest BCUT2D eigenvalue weighted by molar-refractivity contribution is 5.65. The van der Waals surface area contributed by atoms with E-state index in [0.717, 1.165) is 38.2 Å². The van der Waals surface area contributed by atoms with Gasteiger partial charge in [0.2, 0.25) is 5.82 Å². The third-order valence-corrected chi connectivity index (χ3v) is 7.71. The number of hydrogen-bond acceptors (Lipinski definition) is 2. The van der Waals surface area contributed by atoms with Crippen molar-refractivity contribution < 1.29 is 18.3 Å². The van der Waals surface area contributed by atoms with Gasteiger partial charge in [0.05, 0.1) is 19.3 Å². The van der Waals surface area contributed by atoms with Gasteiger partial charge in [-0.3, -0.25) is 0 Å². The molecule has 4 heteroatoms. The predicted molar refractivity (Wildman–Crippen MR) is 134 cm³/mol. The van der Waals surface area contributed by atoms with Gasteiger partial charge in [0.1, 0.15) is 0 Å². The van der Waals surface area contributed by atoms with E-state index < -0.39 is 11.6 Å². The van der Waals surface area contributed by atoms with E-state index in [2.05, 4.69) is 6.58 Å². The van der Waals surface area contributed by atoms with Crippen LogP contribution in [0.2, 0.25) is 0 Å². The molecule has 1 aliphatic heterocycles. The van der Waals surface area contributed by atoms with Crippen LogP contribution in [0.4, 0.5) is 8.78 Å². The zero-order valence-corrected chi connectivity index (χ0v) is 20.4. The van der Waals surface area contributed by atoms with Crippen LogP contribution in [0.25, 0.3) is 11.1 Å². The molecule has 34 heavy (non-hydrogen) atoms. The van der Waals surface area contributed by atoms with Crippen molar-refractivity contribution in [2.24, 2.45) is 11.8 Å². The van der Waals surface area contributed by atoms with Gasteiger partial charge in [0.25, 0.3) is 0 Å². The van der Waals surface area contributed by atoms with Gasteiger partial charge in [-0.2, -0.15) is 4.39 Å². The second-order valence-corrected chi connectivity index (χ2v) is 10.0. The summed E-state index contributed by atoms with van der Waals surface area (Å²) in [6, 6.07) is 11.0. The number of ether oxygens (including phenoxy) is 2. The van der Waals surface area contributed by atoms with E-state index >= 15 is 0 Å². The lowest BCUT2D eigenvalue weighted by atomic mass is 9.75. The fourth-order valence-corrected chi connectivity index (χ4v) is 5.62. The summed E-state index contributed by atoms with van der Waals surface area (Å²) in [5.41, 5.74) is 2.14. The summed E-state index contributed by atoms with van der Waals surface area (Å²) in [6.07, 6.45) is 13.0. The summed E-state index contributed by atoms with van der Waals surface area (Å²) in [7, 11) is 0. The molecular formula is C30H38F2O2. The number of rotatable bonds is 9. The Morgan fingerprint density at radius 2 is 1.74 bits per heavy atom. The maximum Gasteiger partial charge on any atom is 0.201 e. The van der Waals surface area contributed by atoms with Crippen molar-refractivity contribution in [3.8, 4) is 16.9 Å². The molecule has 2 aromatic carbocycles. The highest BCUT2D eigenvalue weighted by Gasteiger charge is 2.32. The summed E-state index contributed by atoms with van der Waals surface area (Å²) in [5.74, 6) is 0.119. The van der Waals surface area contributed by atoms with Crippen molar-refractivity contribution >= 4 is 0 Å². The molecule has 1 saturated carbocycles. The Morgan fingerprint density at radius 3 is 2.38 bits per heavy atom. The molecule has 0 bridgehead atoms. The second-order valence-electron chi connectivity index (χ2n) is 10.0. The standard InChI is InChI=1S/C30H38F2O2/c1-3-5-6-21-7-9-24(10-8-21)27-17-15-25(20-34-27)22-11-13-23(14-12-22)26-16-18-28(33-19-4-2)30(32)29(26)31/h3,11-14,16,18,21,24-25,27H,1,4-10,15,17,19-20H2,2H3. The van der Waals surface area contributed by atoms with Gasteiger partial charge in [0.15, 0.2) is 11.6 Å². The van der Waals surface area contributed by atoms with Crippen molar-refractivity contribution in [1.29, 1.82) is 0 Å². The Balaban J connectivity index is 1.32. The van der Waals surface area contributed by atoms with Crippen molar-refractivity contribution in [3.63, 3.8) is 0 Å². The Kier molecular flexibility index (Phi) is 8.77. The fourth-order valence-electron chi connectivity index (χ4n) is 5.62. The molecule has 2 fully saturated rings. The Labute approximate surface area is 203 Å². The third-order valence-electron chi connectivity index (χ3n) is 7.71. The van der Waals surface area contributed by atoms with Crippen LogP contribution in [0.1, 0.15) is 76.2 Å². The summed E-state index contributed by atoms with van der Waals surface area (Å²) >= 11 is 0. The van der Waals surface area contributed by atoms with Gasteiger partial charge in [-0.1, -0.05) is 50.1 Å². The number of allylic oxidation sites excluding steroid dienone is 1. The molecule has 0 aromatic heterocycles. The molecule has 2 aromatic rings. The van der Waals surface area contributed by atoms with Crippen LogP contribution in [0.5, 0.6) is 5.75 Å². The third kappa shape index (κ3) is 5.89. The molecule has 1 heterocycles. The largest absolute Gasteiger partial charge is 0.490 e. The van der Waals surface area contributed by atoms with Crippen LogP contribution in [0, 0.1) is 23.5 Å². The topological polar surface area (TPSA) is 18.5 Å². The van der Waals surface area contributed by atoms with Gasteiger partial charge in [0, 0.05) is 11.5 Å². The molecule has 1 saturated heterocycles. The molecule has 0 radical (unpaired) electrons. The summed E-state index contributed by atoms with van der Waals surface area (Å²) in [6.45, 7) is 6.89. The number of hydrogen-bond donors (Lipinski definition) is 0. The van der Waals surface area contributed by atoms with Gasteiger partial charge < -0.3 is 9.47 Å². The highest BCUT2D eigenvalue weighted by Crippen LogP contribution is 2.39. The Bertz CT molecular complexity index is 924. The normalized spacial score (nSPS) is 25.1. The zero-order valence-electron chi connectivity index (χ0n) is 20.4. The second kappa shape index (κ2) is 12.0. The Morgan fingerprint density at radius 1 is 0.971 bits per heavy atom. The van der Waals surface area contributed by atoms with Crippen molar-refractivity contribution in [3.05, 3.63) is 66.3 Å². The SMILES string of the molecule is C=CCCC1CCC(C2CCC(c3ccc(-c4ccc(OCCC)c(F)c4F)cc3)CO2)CC1. The zero-order chi connectivity index (χ0) is 23.9. The highest BCUT2D eigenvalue weighted by atomic mass is 19.2. The van der Waals surface area contributed by atoms with Gasteiger partial charge >= 0.3 is 0 Å². The van der Waals surface area contributed by atoms with E-state index in [1.807, 2.05) is 37.3 Å². The van der Waals surface area contributed by atoms with Crippen LogP contribution in [0.3, 0.4) is 0 Å². The van der Waals surface area contributed by atoms with E-state index in [0.29, 0.717) is 30.1 Å². The fraction of sp³-hybridized carbons (Fsp3) is 0.533.